The molecule has 1 aromatic rings. The monoisotopic (exact) mass is 218 g/mol. The molecule has 0 bridgehead atoms. The number of Topliss-reactive ketones (excluding diaryl/α,β-unsaturated/α-hetero) is 1. The van der Waals surface area contributed by atoms with E-state index in [0.29, 0.717) is 5.78 Å². The third kappa shape index (κ3) is 5.77. The molecule has 0 N–H and O–H groups in total. The van der Waals surface area contributed by atoms with Crippen molar-refractivity contribution in [2.24, 2.45) is 0 Å². The van der Waals surface area contributed by atoms with E-state index >= 15 is 0 Å². The molecular formula is C13H19AlO. The van der Waals surface area contributed by atoms with Gasteiger partial charge in [0.2, 0.25) is 15.2 Å². The van der Waals surface area contributed by atoms with Gasteiger partial charge in [-0.3, -0.25) is 0 Å². The van der Waals surface area contributed by atoms with Crippen LogP contribution in [0.4, 0.5) is 0 Å². The Balaban J connectivity index is 2.14. The van der Waals surface area contributed by atoms with E-state index in [0.717, 1.165) is 24.5 Å². The molecule has 1 nitrogen and oxygen atoms in total. The van der Waals surface area contributed by atoms with Gasteiger partial charge < -0.3 is 4.79 Å². The number of carbonyl (C=O) groups is 1. The van der Waals surface area contributed by atoms with E-state index in [-0.39, 0.29) is 15.2 Å². The van der Waals surface area contributed by atoms with Crippen molar-refractivity contribution in [3.05, 3.63) is 35.9 Å². The van der Waals surface area contributed by atoms with Crippen LogP contribution in [0.1, 0.15) is 25.3 Å². The summed E-state index contributed by atoms with van der Waals surface area (Å²) in [6, 6.07) is 10.4. The number of benzene rings is 1. The fourth-order valence-corrected chi connectivity index (χ4v) is 2.63. The number of rotatable bonds is 7. The van der Waals surface area contributed by atoms with E-state index < -0.39 is 0 Å². The van der Waals surface area contributed by atoms with Gasteiger partial charge in [-0.2, -0.15) is 0 Å². The third-order valence-electron chi connectivity index (χ3n) is 2.57. The molecule has 0 aliphatic rings. The minimum atomic E-state index is -0.0661. The fourth-order valence-electron chi connectivity index (χ4n) is 1.63. The van der Waals surface area contributed by atoms with Crippen LogP contribution >= 0.6 is 0 Å². The zero-order chi connectivity index (χ0) is 10.9. The van der Waals surface area contributed by atoms with Crippen LogP contribution in [0.3, 0.4) is 0 Å². The Bertz CT molecular complexity index is 282. The minimum absolute atomic E-state index is 0.0661. The van der Waals surface area contributed by atoms with E-state index in [2.05, 4.69) is 31.2 Å². The predicted molar refractivity (Wildman–Crippen MR) is 66.8 cm³/mol. The Morgan fingerprint density at radius 1 is 1.27 bits per heavy atom. The summed E-state index contributed by atoms with van der Waals surface area (Å²) in [6.45, 7) is 2.18. The molecule has 0 saturated carbocycles. The van der Waals surface area contributed by atoms with Crippen LogP contribution in [0.5, 0.6) is 0 Å². The second-order valence-corrected chi connectivity index (χ2v) is 6.19. The summed E-state index contributed by atoms with van der Waals surface area (Å²) in [5, 5.41) is 2.16. The summed E-state index contributed by atoms with van der Waals surface area (Å²) in [7, 11) is 0. The van der Waals surface area contributed by atoms with Crippen molar-refractivity contribution in [1.29, 1.82) is 0 Å². The average Bonchev–Trinajstić information content (AvgIpc) is 2.28. The quantitative estimate of drug-likeness (QED) is 0.643. The molecule has 2 heteroatoms. The SMILES string of the molecule is C[CH2][AlH][CH2]C(=O)CCCc1ccccc1. The van der Waals surface area contributed by atoms with Crippen LogP contribution in [-0.2, 0) is 11.2 Å². The van der Waals surface area contributed by atoms with E-state index in [1.54, 1.807) is 0 Å². The summed E-state index contributed by atoms with van der Waals surface area (Å²) in [5.41, 5.74) is 1.35. The van der Waals surface area contributed by atoms with Gasteiger partial charge in [-0.15, -0.1) is 0 Å². The summed E-state index contributed by atoms with van der Waals surface area (Å²) >= 11 is -0.0661. The van der Waals surface area contributed by atoms with Crippen molar-refractivity contribution >= 4 is 21.0 Å². The van der Waals surface area contributed by atoms with Gasteiger partial charge in [0.25, 0.3) is 0 Å². The normalized spacial score (nSPS) is 9.93. The Morgan fingerprint density at radius 2 is 2.00 bits per heavy atom. The molecular weight excluding hydrogens is 199 g/mol. The summed E-state index contributed by atoms with van der Waals surface area (Å²) in [5.74, 6) is 0.486. The van der Waals surface area contributed by atoms with Crippen LogP contribution in [0, 0.1) is 0 Å². The number of hydrogen-bond acceptors (Lipinski definition) is 1. The molecule has 0 heterocycles. The number of hydrogen-bond donors (Lipinski definition) is 0. The van der Waals surface area contributed by atoms with Crippen LogP contribution in [0.2, 0.25) is 10.6 Å². The maximum absolute atomic E-state index is 11.4. The highest BCUT2D eigenvalue weighted by Crippen LogP contribution is 2.05. The van der Waals surface area contributed by atoms with Crippen LogP contribution in [-0.4, -0.2) is 21.0 Å². The van der Waals surface area contributed by atoms with Crippen LogP contribution in [0.25, 0.3) is 0 Å². The molecule has 0 aliphatic carbocycles. The molecule has 0 aliphatic heterocycles. The molecule has 0 radical (unpaired) electrons. The maximum atomic E-state index is 11.4. The lowest BCUT2D eigenvalue weighted by Crippen LogP contribution is -2.02. The summed E-state index contributed by atoms with van der Waals surface area (Å²) in [6.07, 6.45) is 2.84. The van der Waals surface area contributed by atoms with Gasteiger partial charge >= 0.3 is 0 Å². The largest absolute Gasteiger partial charge is 0.301 e. The van der Waals surface area contributed by atoms with Gasteiger partial charge in [-0.05, 0) is 23.7 Å². The van der Waals surface area contributed by atoms with E-state index in [1.165, 1.54) is 10.8 Å². The van der Waals surface area contributed by atoms with Crippen molar-refractivity contribution in [2.75, 3.05) is 0 Å². The molecule has 0 spiro atoms. The van der Waals surface area contributed by atoms with Crippen molar-refractivity contribution in [3.63, 3.8) is 0 Å². The van der Waals surface area contributed by atoms with Crippen LogP contribution < -0.4 is 0 Å². The lowest BCUT2D eigenvalue weighted by molar-refractivity contribution is -0.117. The lowest BCUT2D eigenvalue weighted by atomic mass is 10.1. The third-order valence-corrected chi connectivity index (χ3v) is 4.19. The molecule has 0 aromatic heterocycles. The van der Waals surface area contributed by atoms with Crippen molar-refractivity contribution in [2.45, 2.75) is 36.8 Å². The van der Waals surface area contributed by atoms with Crippen LogP contribution in [0.15, 0.2) is 30.3 Å². The van der Waals surface area contributed by atoms with Gasteiger partial charge in [0.15, 0.2) is 0 Å². The zero-order valence-electron chi connectivity index (χ0n) is 9.54. The lowest BCUT2D eigenvalue weighted by Gasteiger charge is -2.00. The Hall–Kier alpha value is -0.578. The van der Waals surface area contributed by atoms with E-state index in [4.69, 9.17) is 0 Å². The first-order valence-electron chi connectivity index (χ1n) is 5.88. The highest BCUT2D eigenvalue weighted by atomic mass is 27.1. The average molecular weight is 218 g/mol. The predicted octanol–water partition coefficient (Wildman–Crippen LogP) is 2.87. The standard InChI is InChI=1S/C11H13O.C2H5.Al.H/c1-10(12)6-5-9-11-7-3-2-4-8-11;1-2;;/h2-4,7-8H,1,5-6,9H2;1H2,2H3;;. The molecule has 15 heavy (non-hydrogen) atoms. The molecule has 0 fully saturated rings. The molecule has 0 amide bonds. The Kier molecular flexibility index (Phi) is 6.40. The van der Waals surface area contributed by atoms with Crippen molar-refractivity contribution in [3.8, 4) is 0 Å². The molecule has 80 valence electrons. The molecule has 0 atom stereocenters. The molecule has 1 rings (SSSR count). The topological polar surface area (TPSA) is 17.1 Å². The summed E-state index contributed by atoms with van der Waals surface area (Å²) in [4.78, 5) is 11.4. The first-order chi connectivity index (χ1) is 7.33. The maximum Gasteiger partial charge on any atom is 0.247 e. The molecule has 0 saturated heterocycles. The van der Waals surface area contributed by atoms with Gasteiger partial charge in [-0.1, -0.05) is 42.5 Å². The fraction of sp³-hybridized carbons (Fsp3) is 0.462. The number of aryl methyl sites for hydroxylation is 1. The van der Waals surface area contributed by atoms with Gasteiger partial charge in [0.05, 0.1) is 0 Å². The number of ketones is 1. The second kappa shape index (κ2) is 7.68. The minimum Gasteiger partial charge on any atom is -0.301 e. The van der Waals surface area contributed by atoms with Gasteiger partial charge in [0, 0.05) is 6.42 Å². The highest BCUT2D eigenvalue weighted by Gasteiger charge is 2.02. The first kappa shape index (κ1) is 12.5. The van der Waals surface area contributed by atoms with Crippen molar-refractivity contribution < 1.29 is 4.79 Å². The number of carbonyl (C=O) groups excluding carboxylic acids is 1. The van der Waals surface area contributed by atoms with Gasteiger partial charge in [0.1, 0.15) is 5.78 Å². The zero-order valence-corrected chi connectivity index (χ0v) is 11.0. The smallest absolute Gasteiger partial charge is 0.247 e. The first-order valence-corrected chi connectivity index (χ1v) is 7.88. The van der Waals surface area contributed by atoms with Crippen molar-refractivity contribution in [1.82, 2.24) is 0 Å². The Labute approximate surface area is 98.6 Å². The second-order valence-electron chi connectivity index (χ2n) is 3.98. The van der Waals surface area contributed by atoms with E-state index in [9.17, 15) is 4.79 Å². The highest BCUT2D eigenvalue weighted by molar-refractivity contribution is 6.41. The molecule has 0 unspecified atom stereocenters. The van der Waals surface area contributed by atoms with E-state index in [1.807, 2.05) is 6.07 Å². The molecule has 1 aromatic carbocycles. The summed E-state index contributed by atoms with van der Waals surface area (Å²) < 4.78 is 0. The Morgan fingerprint density at radius 3 is 2.67 bits per heavy atom. The van der Waals surface area contributed by atoms with Gasteiger partial charge in [-0.25, -0.2) is 0 Å².